The first-order chi connectivity index (χ1) is 12.5. The summed E-state index contributed by atoms with van der Waals surface area (Å²) in [6.45, 7) is 3.60. The minimum atomic E-state index is -3.41. The van der Waals surface area contributed by atoms with Crippen LogP contribution in [0.1, 0.15) is 18.4 Å². The third-order valence-corrected chi connectivity index (χ3v) is 6.59. The highest BCUT2D eigenvalue weighted by Gasteiger charge is 2.26. The standard InChI is InChI=1S/C18H25N3O3S2/c22-26(23,14-8-16-5-2-1-3-6-16)21-11-9-20(10-12-21)18(25)19-15-17-7-4-13-24-17/h1-3,5-6,8,14,17H,4,7,9-13,15H2,(H,19,25)/b14-8+/t17-/m1/s1. The fourth-order valence-electron chi connectivity index (χ4n) is 3.08. The maximum absolute atomic E-state index is 12.5. The third-order valence-electron chi connectivity index (χ3n) is 4.62. The zero-order valence-corrected chi connectivity index (χ0v) is 16.3. The number of ether oxygens (including phenoxy) is 1. The van der Waals surface area contributed by atoms with E-state index in [0.29, 0.717) is 31.3 Å². The Morgan fingerprint density at radius 1 is 1.23 bits per heavy atom. The molecule has 0 unspecified atom stereocenters. The van der Waals surface area contributed by atoms with Crippen LogP contribution in [0, 0.1) is 0 Å². The van der Waals surface area contributed by atoms with Crippen molar-refractivity contribution in [3.8, 4) is 0 Å². The van der Waals surface area contributed by atoms with Crippen LogP contribution < -0.4 is 5.32 Å². The number of sulfonamides is 1. The second kappa shape index (κ2) is 8.94. The van der Waals surface area contributed by atoms with Crippen molar-refractivity contribution < 1.29 is 13.2 Å². The average Bonchev–Trinajstić information content (AvgIpc) is 3.19. The Bertz CT molecular complexity index is 723. The number of hydrogen-bond acceptors (Lipinski definition) is 4. The van der Waals surface area contributed by atoms with Crippen molar-refractivity contribution in [2.24, 2.45) is 0 Å². The average molecular weight is 396 g/mol. The molecule has 1 aromatic rings. The molecule has 1 atom stereocenters. The Morgan fingerprint density at radius 3 is 2.62 bits per heavy atom. The molecule has 0 amide bonds. The molecular weight excluding hydrogens is 370 g/mol. The molecule has 2 aliphatic heterocycles. The molecule has 8 heteroatoms. The summed E-state index contributed by atoms with van der Waals surface area (Å²) >= 11 is 5.43. The number of thiocarbonyl (C=S) groups is 1. The van der Waals surface area contributed by atoms with E-state index >= 15 is 0 Å². The predicted molar refractivity (Wildman–Crippen MR) is 107 cm³/mol. The summed E-state index contributed by atoms with van der Waals surface area (Å²) in [6.07, 6.45) is 4.04. The van der Waals surface area contributed by atoms with Crippen LogP contribution in [0.2, 0.25) is 0 Å². The van der Waals surface area contributed by atoms with E-state index < -0.39 is 10.0 Å². The number of rotatable bonds is 5. The summed E-state index contributed by atoms with van der Waals surface area (Å²) in [5.41, 5.74) is 0.870. The van der Waals surface area contributed by atoms with Gasteiger partial charge in [-0.3, -0.25) is 0 Å². The van der Waals surface area contributed by atoms with Crippen LogP contribution in [0.5, 0.6) is 0 Å². The third kappa shape index (κ3) is 5.26. The van der Waals surface area contributed by atoms with Crippen LogP contribution in [-0.2, 0) is 14.8 Å². The Labute approximate surface area is 160 Å². The molecule has 142 valence electrons. The number of piperazine rings is 1. The van der Waals surface area contributed by atoms with E-state index in [9.17, 15) is 8.42 Å². The molecule has 2 aliphatic rings. The number of nitrogens with zero attached hydrogens (tertiary/aromatic N) is 2. The second-order valence-electron chi connectivity index (χ2n) is 6.47. The monoisotopic (exact) mass is 395 g/mol. The van der Waals surface area contributed by atoms with Crippen LogP contribution in [0.3, 0.4) is 0 Å². The number of benzene rings is 1. The summed E-state index contributed by atoms with van der Waals surface area (Å²) in [6, 6.07) is 9.43. The van der Waals surface area contributed by atoms with Gasteiger partial charge in [0.25, 0.3) is 0 Å². The zero-order valence-electron chi connectivity index (χ0n) is 14.7. The Hall–Kier alpha value is -1.48. The lowest BCUT2D eigenvalue weighted by atomic mass is 10.2. The smallest absolute Gasteiger partial charge is 0.236 e. The van der Waals surface area contributed by atoms with E-state index in [1.54, 1.807) is 6.08 Å². The number of hydrogen-bond donors (Lipinski definition) is 1. The first-order valence-electron chi connectivity index (χ1n) is 8.92. The molecule has 0 saturated carbocycles. The summed E-state index contributed by atoms with van der Waals surface area (Å²) in [5.74, 6) is 0. The van der Waals surface area contributed by atoms with Gasteiger partial charge in [-0.1, -0.05) is 30.3 Å². The van der Waals surface area contributed by atoms with E-state index in [2.05, 4.69) is 5.32 Å². The summed E-state index contributed by atoms with van der Waals surface area (Å²) in [7, 11) is -3.41. The Balaban J connectivity index is 1.47. The molecule has 6 nitrogen and oxygen atoms in total. The van der Waals surface area contributed by atoms with Crippen molar-refractivity contribution in [2.75, 3.05) is 39.3 Å². The Kier molecular flexibility index (Phi) is 6.63. The molecule has 1 aromatic carbocycles. The summed E-state index contributed by atoms with van der Waals surface area (Å²) < 4.78 is 32.1. The van der Waals surface area contributed by atoms with Gasteiger partial charge in [-0.05, 0) is 36.7 Å². The lowest BCUT2D eigenvalue weighted by Crippen LogP contribution is -2.53. The fourth-order valence-corrected chi connectivity index (χ4v) is 4.52. The normalized spacial score (nSPS) is 22.0. The van der Waals surface area contributed by atoms with E-state index in [1.165, 1.54) is 9.71 Å². The molecule has 0 aromatic heterocycles. The molecule has 0 bridgehead atoms. The highest BCUT2D eigenvalue weighted by Crippen LogP contribution is 2.13. The van der Waals surface area contributed by atoms with Gasteiger partial charge in [-0.2, -0.15) is 4.31 Å². The van der Waals surface area contributed by atoms with Crippen molar-refractivity contribution in [1.29, 1.82) is 0 Å². The van der Waals surface area contributed by atoms with Crippen molar-refractivity contribution >= 4 is 33.4 Å². The molecule has 0 radical (unpaired) electrons. The van der Waals surface area contributed by atoms with Crippen molar-refractivity contribution in [1.82, 2.24) is 14.5 Å². The fraction of sp³-hybridized carbons (Fsp3) is 0.500. The maximum atomic E-state index is 12.5. The van der Waals surface area contributed by atoms with Crippen LogP contribution in [0.4, 0.5) is 0 Å². The second-order valence-corrected chi connectivity index (χ2v) is 8.67. The lowest BCUT2D eigenvalue weighted by molar-refractivity contribution is 0.113. The van der Waals surface area contributed by atoms with E-state index in [4.69, 9.17) is 17.0 Å². The predicted octanol–water partition coefficient (Wildman–Crippen LogP) is 1.66. The van der Waals surface area contributed by atoms with Crippen LogP contribution in [0.25, 0.3) is 6.08 Å². The molecule has 3 rings (SSSR count). The molecule has 0 aliphatic carbocycles. The van der Waals surface area contributed by atoms with Gasteiger partial charge in [0.1, 0.15) is 0 Å². The van der Waals surface area contributed by atoms with Crippen molar-refractivity contribution in [3.05, 3.63) is 41.3 Å². The Morgan fingerprint density at radius 2 is 1.96 bits per heavy atom. The molecule has 2 fully saturated rings. The highest BCUT2D eigenvalue weighted by atomic mass is 32.2. The van der Waals surface area contributed by atoms with Crippen LogP contribution in [0.15, 0.2) is 35.7 Å². The number of nitrogens with one attached hydrogen (secondary N) is 1. The molecule has 26 heavy (non-hydrogen) atoms. The van der Waals surface area contributed by atoms with Crippen LogP contribution in [-0.4, -0.2) is 68.2 Å². The van der Waals surface area contributed by atoms with Crippen molar-refractivity contribution in [3.63, 3.8) is 0 Å². The van der Waals surface area contributed by atoms with E-state index in [-0.39, 0.29) is 6.10 Å². The van der Waals surface area contributed by atoms with Gasteiger partial charge >= 0.3 is 0 Å². The van der Waals surface area contributed by atoms with Gasteiger partial charge in [0.2, 0.25) is 10.0 Å². The summed E-state index contributed by atoms with van der Waals surface area (Å²) in [5, 5.41) is 5.21. The van der Waals surface area contributed by atoms with Gasteiger partial charge in [-0.25, -0.2) is 8.42 Å². The minimum absolute atomic E-state index is 0.234. The first kappa shape index (κ1) is 19.3. The quantitative estimate of drug-likeness (QED) is 0.765. The minimum Gasteiger partial charge on any atom is -0.376 e. The molecular formula is C18H25N3O3S2. The molecule has 0 spiro atoms. The van der Waals surface area contributed by atoms with E-state index in [1.807, 2.05) is 35.2 Å². The van der Waals surface area contributed by atoms with Gasteiger partial charge < -0.3 is 15.0 Å². The first-order valence-corrected chi connectivity index (χ1v) is 10.8. The van der Waals surface area contributed by atoms with Crippen molar-refractivity contribution in [2.45, 2.75) is 18.9 Å². The van der Waals surface area contributed by atoms with E-state index in [0.717, 1.165) is 31.6 Å². The van der Waals surface area contributed by atoms with Gasteiger partial charge in [0, 0.05) is 44.7 Å². The topological polar surface area (TPSA) is 61.9 Å². The zero-order chi connectivity index (χ0) is 18.4. The van der Waals surface area contributed by atoms with Gasteiger partial charge in [0.05, 0.1) is 6.10 Å². The van der Waals surface area contributed by atoms with Gasteiger partial charge in [0.15, 0.2) is 5.11 Å². The molecule has 2 heterocycles. The molecule has 2 saturated heterocycles. The SMILES string of the molecule is O=S(=O)(/C=C/c1ccccc1)N1CCN(C(=S)NC[C@H]2CCCO2)CC1. The summed E-state index contributed by atoms with van der Waals surface area (Å²) in [4.78, 5) is 2.03. The maximum Gasteiger partial charge on any atom is 0.236 e. The molecule has 1 N–H and O–H groups in total. The van der Waals surface area contributed by atoms with Gasteiger partial charge in [-0.15, -0.1) is 0 Å². The lowest BCUT2D eigenvalue weighted by Gasteiger charge is -2.35. The van der Waals surface area contributed by atoms with Crippen LogP contribution >= 0.6 is 12.2 Å². The highest BCUT2D eigenvalue weighted by molar-refractivity contribution is 7.92. The largest absolute Gasteiger partial charge is 0.376 e.